The zero-order valence-corrected chi connectivity index (χ0v) is 25.3. The Morgan fingerprint density at radius 2 is 1.69 bits per heavy atom. The smallest absolute Gasteiger partial charge is 0.257 e. The third-order valence-corrected chi connectivity index (χ3v) is 9.28. The summed E-state index contributed by atoms with van der Waals surface area (Å²) in [5.41, 5.74) is 1.49. The minimum absolute atomic E-state index is 0.000211. The maximum absolute atomic E-state index is 13.8. The standard InChI is InChI=1S/C33H46N6O3/c1-3-36(4-2)21-22-38(23-25-11-6-5-7-12-25)33(42)26-16-19-37(20-17-26)24-30(40)39-29-15-9-8-13-27(29)32(41)35-28-14-10-18-34-31(28)39/h8-10,13-15,18,25-26H,3-7,11-12,16-17,19-24H2,1-2H3,(H,35,41). The third kappa shape index (κ3) is 7.01. The van der Waals surface area contributed by atoms with E-state index in [1.54, 1.807) is 41.4 Å². The molecule has 5 rings (SSSR count). The number of rotatable bonds is 10. The first-order chi connectivity index (χ1) is 20.5. The number of likely N-dealkylation sites (tertiary alicyclic amines) is 1. The highest BCUT2D eigenvalue weighted by Gasteiger charge is 2.34. The van der Waals surface area contributed by atoms with Crippen LogP contribution in [0.25, 0.3) is 0 Å². The second-order valence-corrected chi connectivity index (χ2v) is 11.9. The van der Waals surface area contributed by atoms with Crippen LogP contribution in [0.2, 0.25) is 0 Å². The number of para-hydroxylation sites is 1. The SMILES string of the molecule is CCN(CC)CCN(CC1CCCCC1)C(=O)C1CCN(CC(=O)N2c3ccccc3C(=O)Nc3cccnc32)CC1. The average Bonchev–Trinajstić information content (AvgIpc) is 3.15. The highest BCUT2D eigenvalue weighted by atomic mass is 16.2. The number of anilines is 3. The van der Waals surface area contributed by atoms with E-state index in [4.69, 9.17) is 0 Å². The summed E-state index contributed by atoms with van der Waals surface area (Å²) in [6.45, 7) is 10.5. The minimum atomic E-state index is -0.256. The van der Waals surface area contributed by atoms with Gasteiger partial charge >= 0.3 is 0 Å². The number of pyridine rings is 1. The summed E-state index contributed by atoms with van der Waals surface area (Å²) in [5, 5.41) is 2.90. The van der Waals surface area contributed by atoms with Crippen LogP contribution in [-0.4, -0.2) is 89.8 Å². The highest BCUT2D eigenvalue weighted by molar-refractivity contribution is 6.17. The molecule has 2 aliphatic heterocycles. The summed E-state index contributed by atoms with van der Waals surface area (Å²) in [6, 6.07) is 10.7. The van der Waals surface area contributed by atoms with Gasteiger partial charge in [-0.1, -0.05) is 45.2 Å². The van der Waals surface area contributed by atoms with E-state index < -0.39 is 0 Å². The Kier molecular flexibility index (Phi) is 10.2. The minimum Gasteiger partial charge on any atom is -0.341 e. The van der Waals surface area contributed by atoms with Gasteiger partial charge in [0.15, 0.2) is 5.82 Å². The van der Waals surface area contributed by atoms with Crippen molar-refractivity contribution in [3.8, 4) is 0 Å². The number of hydrogen-bond donors (Lipinski definition) is 1. The molecule has 3 amide bonds. The number of nitrogens with zero attached hydrogens (tertiary/aromatic N) is 5. The Bertz CT molecular complexity index is 1230. The lowest BCUT2D eigenvalue weighted by molar-refractivity contribution is -0.138. The molecule has 1 saturated carbocycles. The summed E-state index contributed by atoms with van der Waals surface area (Å²) in [6.07, 6.45) is 9.48. The van der Waals surface area contributed by atoms with Gasteiger partial charge in [0.2, 0.25) is 11.8 Å². The Labute approximate surface area is 250 Å². The molecule has 1 aromatic heterocycles. The molecule has 0 bridgehead atoms. The normalized spacial score (nSPS) is 18.3. The molecule has 1 N–H and O–H groups in total. The predicted molar refractivity (Wildman–Crippen MR) is 166 cm³/mol. The van der Waals surface area contributed by atoms with Crippen molar-refractivity contribution in [2.24, 2.45) is 11.8 Å². The van der Waals surface area contributed by atoms with Crippen molar-refractivity contribution >= 4 is 34.9 Å². The fourth-order valence-corrected chi connectivity index (χ4v) is 6.72. The van der Waals surface area contributed by atoms with Gasteiger partial charge in [0.1, 0.15) is 0 Å². The second-order valence-electron chi connectivity index (χ2n) is 11.9. The Balaban J connectivity index is 1.23. The fourth-order valence-electron chi connectivity index (χ4n) is 6.72. The van der Waals surface area contributed by atoms with E-state index >= 15 is 0 Å². The number of fused-ring (bicyclic) bond motifs is 2. The quantitative estimate of drug-likeness (QED) is 0.440. The summed E-state index contributed by atoms with van der Waals surface area (Å²) in [5.74, 6) is 0.946. The van der Waals surface area contributed by atoms with E-state index in [0.29, 0.717) is 47.7 Å². The van der Waals surface area contributed by atoms with Gasteiger partial charge in [0.25, 0.3) is 5.91 Å². The van der Waals surface area contributed by atoms with E-state index in [-0.39, 0.29) is 24.3 Å². The summed E-state index contributed by atoms with van der Waals surface area (Å²) >= 11 is 0. The van der Waals surface area contributed by atoms with E-state index in [1.807, 2.05) is 6.07 Å². The molecule has 1 aliphatic carbocycles. The van der Waals surface area contributed by atoms with Gasteiger partial charge < -0.3 is 15.1 Å². The molecule has 0 unspecified atom stereocenters. The zero-order chi connectivity index (χ0) is 29.5. The van der Waals surface area contributed by atoms with Crippen LogP contribution in [0.1, 0.15) is 69.2 Å². The molecule has 3 aliphatic rings. The van der Waals surface area contributed by atoms with Crippen LogP contribution in [0.3, 0.4) is 0 Å². The van der Waals surface area contributed by atoms with Crippen molar-refractivity contribution in [2.45, 2.75) is 58.8 Å². The summed E-state index contributed by atoms with van der Waals surface area (Å²) in [7, 11) is 0. The molecular formula is C33H46N6O3. The van der Waals surface area contributed by atoms with Crippen molar-refractivity contribution in [1.82, 2.24) is 19.7 Å². The van der Waals surface area contributed by atoms with Crippen LogP contribution >= 0.6 is 0 Å². The monoisotopic (exact) mass is 574 g/mol. The lowest BCUT2D eigenvalue weighted by Crippen LogP contribution is -2.48. The van der Waals surface area contributed by atoms with Gasteiger partial charge in [-0.3, -0.25) is 24.2 Å². The van der Waals surface area contributed by atoms with Crippen LogP contribution in [0, 0.1) is 11.8 Å². The molecule has 0 radical (unpaired) electrons. The topological polar surface area (TPSA) is 89.1 Å². The maximum atomic E-state index is 13.8. The Morgan fingerprint density at radius 1 is 0.952 bits per heavy atom. The second kappa shape index (κ2) is 14.2. The number of piperidine rings is 1. The summed E-state index contributed by atoms with van der Waals surface area (Å²) in [4.78, 5) is 53.3. The lowest BCUT2D eigenvalue weighted by atomic mass is 9.88. The molecule has 9 heteroatoms. The molecule has 42 heavy (non-hydrogen) atoms. The molecule has 2 fully saturated rings. The molecule has 0 atom stereocenters. The molecule has 0 spiro atoms. The van der Waals surface area contributed by atoms with Crippen LogP contribution in [-0.2, 0) is 9.59 Å². The van der Waals surface area contributed by atoms with E-state index in [2.05, 4.69) is 38.8 Å². The number of carbonyl (C=O) groups excluding carboxylic acids is 3. The van der Waals surface area contributed by atoms with Crippen LogP contribution in [0.4, 0.5) is 17.2 Å². The number of amides is 3. The number of likely N-dealkylation sites (N-methyl/N-ethyl adjacent to an activating group) is 1. The molecular weight excluding hydrogens is 528 g/mol. The number of aromatic nitrogens is 1. The van der Waals surface area contributed by atoms with Crippen LogP contribution < -0.4 is 10.2 Å². The highest BCUT2D eigenvalue weighted by Crippen LogP contribution is 2.36. The fraction of sp³-hybridized carbons (Fsp3) is 0.576. The van der Waals surface area contributed by atoms with E-state index in [1.165, 1.54) is 32.1 Å². The molecule has 1 aromatic carbocycles. The first-order valence-corrected chi connectivity index (χ1v) is 15.9. The van der Waals surface area contributed by atoms with E-state index in [9.17, 15) is 14.4 Å². The number of carbonyl (C=O) groups is 3. The first kappa shape index (κ1) is 30.2. The van der Waals surface area contributed by atoms with Crippen molar-refractivity contribution in [3.63, 3.8) is 0 Å². The van der Waals surface area contributed by atoms with Crippen molar-refractivity contribution in [3.05, 3.63) is 48.2 Å². The predicted octanol–water partition coefficient (Wildman–Crippen LogP) is 4.77. The average molecular weight is 575 g/mol. The Morgan fingerprint density at radius 3 is 2.43 bits per heavy atom. The number of benzene rings is 1. The van der Waals surface area contributed by atoms with Crippen molar-refractivity contribution < 1.29 is 14.4 Å². The van der Waals surface area contributed by atoms with Crippen molar-refractivity contribution in [2.75, 3.05) is 62.6 Å². The molecule has 1 saturated heterocycles. The van der Waals surface area contributed by atoms with Crippen molar-refractivity contribution in [1.29, 1.82) is 0 Å². The van der Waals surface area contributed by atoms with Gasteiger partial charge in [-0.2, -0.15) is 0 Å². The zero-order valence-electron chi connectivity index (χ0n) is 25.3. The number of nitrogens with one attached hydrogen (secondary N) is 1. The largest absolute Gasteiger partial charge is 0.341 e. The van der Waals surface area contributed by atoms with E-state index in [0.717, 1.165) is 45.6 Å². The van der Waals surface area contributed by atoms with Gasteiger partial charge in [-0.15, -0.1) is 0 Å². The van der Waals surface area contributed by atoms with Gasteiger partial charge in [-0.05, 0) is 82.0 Å². The lowest BCUT2D eigenvalue weighted by Gasteiger charge is -2.37. The van der Waals surface area contributed by atoms with Crippen LogP contribution in [0.5, 0.6) is 0 Å². The van der Waals surface area contributed by atoms with Gasteiger partial charge in [-0.25, -0.2) is 4.98 Å². The Hall–Kier alpha value is -3.30. The first-order valence-electron chi connectivity index (χ1n) is 15.9. The third-order valence-electron chi connectivity index (χ3n) is 9.28. The van der Waals surface area contributed by atoms with Gasteiger partial charge in [0.05, 0.1) is 23.5 Å². The molecule has 9 nitrogen and oxygen atoms in total. The van der Waals surface area contributed by atoms with Gasteiger partial charge in [0, 0.05) is 31.7 Å². The number of hydrogen-bond acceptors (Lipinski definition) is 6. The molecule has 3 heterocycles. The summed E-state index contributed by atoms with van der Waals surface area (Å²) < 4.78 is 0. The maximum Gasteiger partial charge on any atom is 0.257 e. The molecule has 226 valence electrons. The molecule has 2 aromatic rings. The van der Waals surface area contributed by atoms with Crippen LogP contribution in [0.15, 0.2) is 42.6 Å².